The predicted molar refractivity (Wildman–Crippen MR) is 174 cm³/mol. The van der Waals surface area contributed by atoms with Crippen LogP contribution < -0.4 is 10.1 Å². The minimum atomic E-state index is -0.413. The van der Waals surface area contributed by atoms with E-state index in [1.165, 1.54) is 94.5 Å². The van der Waals surface area contributed by atoms with Crippen LogP contribution in [0.4, 0.5) is 11.4 Å². The van der Waals surface area contributed by atoms with Crippen molar-refractivity contribution in [3.8, 4) is 5.75 Å². The molecule has 3 aromatic rings. The molecule has 42 heavy (non-hydrogen) atoms. The topological polar surface area (TPSA) is 81.5 Å². The lowest BCUT2D eigenvalue weighted by atomic mass is 10.0. The lowest BCUT2D eigenvalue weighted by molar-refractivity contribution is -0.384. The minimum absolute atomic E-state index is 0.0645. The molecule has 8 heteroatoms. The molecule has 0 radical (unpaired) electrons. The van der Waals surface area contributed by atoms with Crippen molar-refractivity contribution in [2.24, 2.45) is 0 Å². The second-order valence-electron chi connectivity index (χ2n) is 10.6. The van der Waals surface area contributed by atoms with Crippen LogP contribution in [-0.4, -0.2) is 17.4 Å². The average Bonchev–Trinajstić information content (AvgIpc) is 2.98. The van der Waals surface area contributed by atoms with Gasteiger partial charge in [0.25, 0.3) is 11.6 Å². The Morgan fingerprint density at radius 1 is 0.810 bits per heavy atom. The van der Waals surface area contributed by atoms with Crippen LogP contribution in [0.1, 0.15) is 89.5 Å². The van der Waals surface area contributed by atoms with E-state index in [-0.39, 0.29) is 18.2 Å². The number of ether oxygens (including phenoxy) is 1. The van der Waals surface area contributed by atoms with Crippen LogP contribution in [0.25, 0.3) is 0 Å². The summed E-state index contributed by atoms with van der Waals surface area (Å²) in [5.74, 6) is 0.463. The van der Waals surface area contributed by atoms with Gasteiger partial charge < -0.3 is 10.1 Å². The van der Waals surface area contributed by atoms with Crippen LogP contribution >= 0.6 is 23.4 Å². The number of nitrogens with one attached hydrogen (secondary N) is 1. The first-order valence-corrected chi connectivity index (χ1v) is 16.4. The van der Waals surface area contributed by atoms with Crippen molar-refractivity contribution < 1.29 is 14.5 Å². The summed E-state index contributed by atoms with van der Waals surface area (Å²) in [4.78, 5) is 24.8. The van der Waals surface area contributed by atoms with Crippen LogP contribution in [0.2, 0.25) is 5.02 Å². The lowest BCUT2D eigenvalue weighted by Crippen LogP contribution is -2.20. The zero-order valence-electron chi connectivity index (χ0n) is 24.6. The molecule has 3 aromatic carbocycles. The molecule has 0 unspecified atom stereocenters. The van der Waals surface area contributed by atoms with Gasteiger partial charge in [0, 0.05) is 32.6 Å². The number of halogens is 1. The molecule has 6 nitrogen and oxygen atoms in total. The van der Waals surface area contributed by atoms with Crippen molar-refractivity contribution in [2.75, 3.05) is 11.9 Å². The molecule has 0 bridgehead atoms. The molecule has 0 heterocycles. The van der Waals surface area contributed by atoms with E-state index >= 15 is 0 Å². The van der Waals surface area contributed by atoms with Crippen molar-refractivity contribution in [3.05, 3.63) is 87.4 Å². The number of carbonyl (C=O) groups is 1. The van der Waals surface area contributed by atoms with Gasteiger partial charge in [0.2, 0.25) is 0 Å². The zero-order valence-corrected chi connectivity index (χ0v) is 26.2. The molecule has 1 N–H and O–H groups in total. The maximum atomic E-state index is 12.6. The third-order valence-electron chi connectivity index (χ3n) is 7.10. The van der Waals surface area contributed by atoms with E-state index in [1.807, 2.05) is 36.4 Å². The Kier molecular flexibility index (Phi) is 15.3. The highest BCUT2D eigenvalue weighted by Gasteiger charge is 2.10. The fourth-order valence-corrected chi connectivity index (χ4v) is 5.77. The molecule has 0 saturated heterocycles. The Labute approximate surface area is 259 Å². The molecule has 0 aliphatic carbocycles. The third kappa shape index (κ3) is 12.9. The number of carbonyl (C=O) groups excluding carboxylic acids is 1. The predicted octanol–water partition coefficient (Wildman–Crippen LogP) is 10.7. The Hall–Kier alpha value is -3.03. The molecule has 0 aromatic heterocycles. The van der Waals surface area contributed by atoms with Gasteiger partial charge in [-0.05, 0) is 73.0 Å². The number of non-ortho nitro benzene ring substituents is 1. The number of rotatable bonds is 20. The van der Waals surface area contributed by atoms with Gasteiger partial charge >= 0.3 is 0 Å². The Bertz CT molecular complexity index is 1240. The van der Waals surface area contributed by atoms with E-state index in [0.29, 0.717) is 16.5 Å². The summed E-state index contributed by atoms with van der Waals surface area (Å²) in [5, 5.41) is 14.4. The van der Waals surface area contributed by atoms with Crippen LogP contribution in [0.15, 0.2) is 76.5 Å². The highest BCUT2D eigenvalue weighted by atomic mass is 35.5. The monoisotopic (exact) mass is 610 g/mol. The standard InChI is InChI=1S/C34H43ClN2O4S/c1-2-3-4-5-6-7-8-9-10-11-12-13-14-27-25-28(35)15-24-33(27)41-26-34(38)36-29-16-20-31(21-17-29)42-32-22-18-30(19-23-32)37(39)40/h15-25H,2-14,26H2,1H3,(H,36,38). The number of nitrogens with zero attached hydrogens (tertiary/aromatic N) is 1. The highest BCUT2D eigenvalue weighted by Crippen LogP contribution is 2.30. The molecular weight excluding hydrogens is 568 g/mol. The van der Waals surface area contributed by atoms with Gasteiger partial charge in [0.05, 0.1) is 4.92 Å². The number of hydrogen-bond acceptors (Lipinski definition) is 5. The highest BCUT2D eigenvalue weighted by molar-refractivity contribution is 7.99. The molecule has 0 saturated carbocycles. The number of amides is 1. The van der Waals surface area contributed by atoms with E-state index in [4.69, 9.17) is 16.3 Å². The van der Waals surface area contributed by atoms with Gasteiger partial charge in [-0.1, -0.05) is 101 Å². The Morgan fingerprint density at radius 3 is 1.93 bits per heavy atom. The largest absolute Gasteiger partial charge is 0.483 e. The van der Waals surface area contributed by atoms with Gasteiger partial charge in [-0.3, -0.25) is 14.9 Å². The van der Waals surface area contributed by atoms with E-state index in [2.05, 4.69) is 12.2 Å². The smallest absolute Gasteiger partial charge is 0.269 e. The van der Waals surface area contributed by atoms with Gasteiger partial charge in [0.15, 0.2) is 6.61 Å². The number of benzene rings is 3. The van der Waals surface area contributed by atoms with Crippen molar-refractivity contribution in [3.63, 3.8) is 0 Å². The number of nitro groups is 1. The normalized spacial score (nSPS) is 10.9. The number of anilines is 1. The van der Waals surface area contributed by atoms with E-state index < -0.39 is 4.92 Å². The Morgan fingerprint density at radius 2 is 1.36 bits per heavy atom. The quantitative estimate of drug-likeness (QED) is 0.0781. The van der Waals surface area contributed by atoms with Crippen molar-refractivity contribution in [1.29, 1.82) is 0 Å². The first-order chi connectivity index (χ1) is 20.4. The molecule has 0 aliphatic heterocycles. The van der Waals surface area contributed by atoms with E-state index in [9.17, 15) is 14.9 Å². The first-order valence-electron chi connectivity index (χ1n) is 15.2. The second kappa shape index (κ2) is 19.2. The van der Waals surface area contributed by atoms with Gasteiger partial charge in [-0.2, -0.15) is 0 Å². The number of hydrogen-bond donors (Lipinski definition) is 1. The number of aryl methyl sites for hydroxylation is 1. The summed E-state index contributed by atoms with van der Waals surface area (Å²) in [6.07, 6.45) is 16.6. The van der Waals surface area contributed by atoms with Crippen molar-refractivity contribution in [1.82, 2.24) is 0 Å². The van der Waals surface area contributed by atoms with E-state index in [1.54, 1.807) is 18.2 Å². The summed E-state index contributed by atoms with van der Waals surface area (Å²) in [7, 11) is 0. The maximum Gasteiger partial charge on any atom is 0.269 e. The molecule has 1 amide bonds. The van der Waals surface area contributed by atoms with Gasteiger partial charge in [-0.25, -0.2) is 0 Å². The second-order valence-corrected chi connectivity index (χ2v) is 12.2. The summed E-state index contributed by atoms with van der Waals surface area (Å²) < 4.78 is 5.89. The summed E-state index contributed by atoms with van der Waals surface area (Å²) in [6, 6.07) is 19.4. The van der Waals surface area contributed by atoms with Crippen LogP contribution in [0, 0.1) is 10.1 Å². The fourth-order valence-electron chi connectivity index (χ4n) is 4.76. The Balaban J connectivity index is 1.35. The van der Waals surface area contributed by atoms with Crippen LogP contribution in [0.3, 0.4) is 0 Å². The molecule has 0 fully saturated rings. The summed E-state index contributed by atoms with van der Waals surface area (Å²) in [6.45, 7) is 2.17. The maximum absolute atomic E-state index is 12.6. The minimum Gasteiger partial charge on any atom is -0.483 e. The fraction of sp³-hybridized carbons (Fsp3) is 0.441. The SMILES string of the molecule is CCCCCCCCCCCCCCc1cc(Cl)ccc1OCC(=O)Nc1ccc(Sc2ccc([N+](=O)[O-])cc2)cc1. The van der Waals surface area contributed by atoms with Gasteiger partial charge in [0.1, 0.15) is 5.75 Å². The molecule has 0 aliphatic rings. The molecule has 0 atom stereocenters. The van der Waals surface area contributed by atoms with Crippen LogP contribution in [0.5, 0.6) is 5.75 Å². The zero-order chi connectivity index (χ0) is 30.0. The third-order valence-corrected chi connectivity index (χ3v) is 8.35. The van der Waals surface area contributed by atoms with Crippen molar-refractivity contribution >= 4 is 40.6 Å². The average molecular weight is 611 g/mol. The lowest BCUT2D eigenvalue weighted by Gasteiger charge is -2.12. The first kappa shape index (κ1) is 33.5. The van der Waals surface area contributed by atoms with E-state index in [0.717, 1.165) is 28.2 Å². The molecule has 226 valence electrons. The molecule has 0 spiro atoms. The van der Waals surface area contributed by atoms with Crippen molar-refractivity contribution in [2.45, 2.75) is 100 Å². The molecule has 3 rings (SSSR count). The van der Waals surface area contributed by atoms with Gasteiger partial charge in [-0.15, -0.1) is 0 Å². The summed E-state index contributed by atoms with van der Waals surface area (Å²) in [5.41, 5.74) is 1.77. The number of unbranched alkanes of at least 4 members (excludes halogenated alkanes) is 11. The van der Waals surface area contributed by atoms with Crippen LogP contribution in [-0.2, 0) is 11.2 Å². The summed E-state index contributed by atoms with van der Waals surface area (Å²) >= 11 is 7.75. The molecular formula is C34H43ClN2O4S. The number of nitro benzene ring substituents is 1.